The van der Waals surface area contributed by atoms with Crippen molar-refractivity contribution in [1.29, 1.82) is 0 Å². The summed E-state index contributed by atoms with van der Waals surface area (Å²) in [5.74, 6) is 0.600. The quantitative estimate of drug-likeness (QED) is 0.216. The zero-order valence-corrected chi connectivity index (χ0v) is 26.1. The Balaban J connectivity index is 0.00000171. The van der Waals surface area contributed by atoms with E-state index in [1.54, 1.807) is 16.7 Å². The van der Waals surface area contributed by atoms with E-state index >= 15 is 0 Å². The van der Waals surface area contributed by atoms with Crippen LogP contribution in [0.15, 0.2) is 91.0 Å². The second kappa shape index (κ2) is 12.9. The van der Waals surface area contributed by atoms with Gasteiger partial charge in [-0.25, -0.2) is 0 Å². The molecule has 0 radical (unpaired) electrons. The van der Waals surface area contributed by atoms with Crippen molar-refractivity contribution in [2.75, 3.05) is 0 Å². The molecule has 4 unspecified atom stereocenters. The van der Waals surface area contributed by atoms with Gasteiger partial charge >= 0.3 is 207 Å². The van der Waals surface area contributed by atoms with Crippen LogP contribution in [0.1, 0.15) is 70.0 Å². The molecule has 0 heterocycles. The van der Waals surface area contributed by atoms with Gasteiger partial charge in [0.2, 0.25) is 0 Å². The van der Waals surface area contributed by atoms with Crippen molar-refractivity contribution in [3.63, 3.8) is 0 Å². The molecule has 0 aromatic heterocycles. The van der Waals surface area contributed by atoms with Crippen molar-refractivity contribution < 1.29 is 18.9 Å². The number of fused-ring (bicyclic) bond motifs is 2. The number of hydrogen-bond acceptors (Lipinski definition) is 0. The summed E-state index contributed by atoms with van der Waals surface area (Å²) in [6.45, 7) is 4.91. The molecule has 0 fully saturated rings. The summed E-state index contributed by atoms with van der Waals surface area (Å²) in [6.07, 6.45) is 15.2. The summed E-state index contributed by atoms with van der Waals surface area (Å²) >= 11 is -2.69. The SMILES string of the molecule is CCC[CH](CCC1C=Cc2ccccc21)[Zr](=[SiH2])([CH2]c1ccccc1)[CH]1C=Cc2ccccc21.Cl.Cl. The number of hydrogen-bond donors (Lipinski definition) is 0. The summed E-state index contributed by atoms with van der Waals surface area (Å²) in [5, 5.41) is 0. The van der Waals surface area contributed by atoms with Gasteiger partial charge in [0.15, 0.2) is 0 Å². The first-order valence-corrected chi connectivity index (χ1v) is 23.1. The van der Waals surface area contributed by atoms with Gasteiger partial charge in [0.05, 0.1) is 0 Å². The van der Waals surface area contributed by atoms with E-state index in [1.807, 2.05) is 0 Å². The third-order valence-electron chi connectivity index (χ3n) is 7.97. The standard InChI is InChI=1S/C15H19.C9H7.C7H7.2ClH.H2Si.Zr/c1-2-3-4-5-8-13-11-12-14-9-6-7-10-15(13)14;1-2-5-9-7-3-6-8(9)4-1;1-7-5-3-2-4-6-7;;;;/h4,6-7,9-13H,2-3,5,8H2,1H3;1-7H;2-6H,1H2;2*1H;1H2;. The summed E-state index contributed by atoms with van der Waals surface area (Å²) in [6, 6.07) is 29.6. The van der Waals surface area contributed by atoms with Crippen LogP contribution in [0.3, 0.4) is 0 Å². The van der Waals surface area contributed by atoms with Crippen LogP contribution in [0.5, 0.6) is 0 Å². The smallest absolute Gasteiger partial charge is 0.147 e. The van der Waals surface area contributed by atoms with Gasteiger partial charge < -0.3 is 0 Å². The van der Waals surface area contributed by atoms with Gasteiger partial charge in [-0.3, -0.25) is 0 Å². The van der Waals surface area contributed by atoms with E-state index in [2.05, 4.69) is 117 Å². The van der Waals surface area contributed by atoms with Crippen molar-refractivity contribution in [2.24, 2.45) is 0 Å². The Labute approximate surface area is 229 Å². The molecule has 0 aliphatic heterocycles. The molecule has 0 saturated carbocycles. The van der Waals surface area contributed by atoms with Crippen LogP contribution in [0.2, 0.25) is 3.63 Å². The monoisotopic (exact) mass is 597 g/mol. The van der Waals surface area contributed by atoms with Crippen LogP contribution in [0.4, 0.5) is 0 Å². The number of allylic oxidation sites excluding steroid dienone is 2. The van der Waals surface area contributed by atoms with E-state index in [4.69, 9.17) is 0 Å². The van der Waals surface area contributed by atoms with Gasteiger partial charge in [-0.2, -0.15) is 0 Å². The zero-order chi connectivity index (χ0) is 22.7. The molecule has 183 valence electrons. The van der Waals surface area contributed by atoms with Gasteiger partial charge in [0, 0.05) is 0 Å². The molecule has 4 heteroatoms. The van der Waals surface area contributed by atoms with Crippen molar-refractivity contribution in [1.82, 2.24) is 0 Å². The Kier molecular flexibility index (Phi) is 10.4. The zero-order valence-electron chi connectivity index (χ0n) is 20.6. The normalized spacial score (nSPS) is 19.7. The van der Waals surface area contributed by atoms with Crippen LogP contribution in [0.25, 0.3) is 12.2 Å². The van der Waals surface area contributed by atoms with E-state index in [0.717, 1.165) is 3.63 Å². The number of halogens is 2. The van der Waals surface area contributed by atoms with E-state index < -0.39 is 18.9 Å². The molecule has 5 rings (SSSR count). The molecule has 0 saturated heterocycles. The fourth-order valence-corrected chi connectivity index (χ4v) is 24.7. The van der Waals surface area contributed by atoms with Gasteiger partial charge in [0.25, 0.3) is 0 Å². The first kappa shape index (κ1) is 28.4. The largest absolute Gasteiger partial charge is 0.147 e. The van der Waals surface area contributed by atoms with Crippen molar-refractivity contribution >= 4 is 43.8 Å². The van der Waals surface area contributed by atoms with Crippen LogP contribution in [0, 0.1) is 0 Å². The predicted octanol–water partition coefficient (Wildman–Crippen LogP) is 8.68. The molecular formula is C31H37Cl2SiZr. The van der Waals surface area contributed by atoms with E-state index in [9.17, 15) is 0 Å². The topological polar surface area (TPSA) is 0 Å². The number of benzene rings is 3. The molecule has 0 spiro atoms. The molecule has 3 aromatic rings. The molecule has 0 nitrogen and oxygen atoms in total. The van der Waals surface area contributed by atoms with Crippen LogP contribution in [-0.4, -0.2) is 6.88 Å². The third kappa shape index (κ3) is 6.04. The van der Waals surface area contributed by atoms with Crippen molar-refractivity contribution in [3.05, 3.63) is 119 Å². The van der Waals surface area contributed by atoms with Gasteiger partial charge in [-0.1, -0.05) is 0 Å². The summed E-state index contributed by atoms with van der Waals surface area (Å²) in [7, 11) is 0. The maximum absolute atomic E-state index is 2.69. The maximum Gasteiger partial charge on any atom is -0.147 e. The van der Waals surface area contributed by atoms with E-state index in [0.29, 0.717) is 9.54 Å². The first-order valence-electron chi connectivity index (χ1n) is 12.6. The minimum Gasteiger partial charge on any atom is -0.147 e. The predicted molar refractivity (Wildman–Crippen MR) is 158 cm³/mol. The molecule has 0 N–H and O–H groups in total. The second-order valence-corrected chi connectivity index (χ2v) is 28.3. The first-order chi connectivity index (χ1) is 16.2. The van der Waals surface area contributed by atoms with Crippen LogP contribution in [-0.2, 0) is 23.0 Å². The molecule has 4 atom stereocenters. The Morgan fingerprint density at radius 2 is 1.34 bits per heavy atom. The minimum absolute atomic E-state index is 0. The van der Waals surface area contributed by atoms with Gasteiger partial charge in [-0.05, 0) is 0 Å². The second-order valence-electron chi connectivity index (χ2n) is 10.0. The molecule has 0 amide bonds. The van der Waals surface area contributed by atoms with Crippen LogP contribution >= 0.6 is 24.8 Å². The maximum atomic E-state index is 2.60. The number of rotatable bonds is 9. The molecular weight excluding hydrogens is 563 g/mol. The Morgan fingerprint density at radius 3 is 2.06 bits per heavy atom. The summed E-state index contributed by atoms with van der Waals surface area (Å²) in [4.78, 5) is 0. The molecule has 35 heavy (non-hydrogen) atoms. The fraction of sp³-hybridized carbons (Fsp3) is 0.290. The average Bonchev–Trinajstić information content (AvgIpc) is 3.47. The third-order valence-corrected chi connectivity index (χ3v) is 27.8. The van der Waals surface area contributed by atoms with E-state index in [-0.39, 0.29) is 24.8 Å². The Hall–Kier alpha value is -1.18. The van der Waals surface area contributed by atoms with Crippen LogP contribution < -0.4 is 0 Å². The molecule has 3 aromatic carbocycles. The summed E-state index contributed by atoms with van der Waals surface area (Å²) in [5.41, 5.74) is 7.62. The van der Waals surface area contributed by atoms with Gasteiger partial charge in [-0.15, -0.1) is 24.8 Å². The Bertz CT molecular complexity index is 1220. The average molecular weight is 600 g/mol. The molecule has 2 aliphatic rings. The summed E-state index contributed by atoms with van der Waals surface area (Å²) < 4.78 is 2.93. The van der Waals surface area contributed by atoms with Crippen molar-refractivity contribution in [3.8, 4) is 0 Å². The molecule has 2 aliphatic carbocycles. The van der Waals surface area contributed by atoms with Crippen molar-refractivity contribution in [2.45, 2.75) is 49.9 Å². The minimum atomic E-state index is -2.69. The fourth-order valence-electron chi connectivity index (χ4n) is 6.26. The molecule has 0 bridgehead atoms. The Morgan fingerprint density at radius 1 is 0.743 bits per heavy atom. The van der Waals surface area contributed by atoms with E-state index in [1.165, 1.54) is 40.9 Å². The van der Waals surface area contributed by atoms with Gasteiger partial charge in [0.1, 0.15) is 0 Å².